The normalized spacial score (nSPS) is 12.9. The Balaban J connectivity index is 0.000000212. The van der Waals surface area contributed by atoms with Gasteiger partial charge in [-0.1, -0.05) is 247 Å². The molecular weight excluding hydrogens is 709 g/mol. The fraction of sp³-hybridized carbons (Fsp3) is 0.186. The molecule has 0 fully saturated rings. The zero-order valence-electron chi connectivity index (χ0n) is 35.8. The predicted molar refractivity (Wildman–Crippen MR) is 252 cm³/mol. The standard InChI is InChI=1S/C40H40.C19H16/c1-27-21-23-28(24-22-27)32-19-14-20-34-36(32)33-25-31(38(2,3)4)26-35(39(5,6)7)37(33)40(34,29-15-10-8-11-16-29)30-17-12-9-13-18-30;1-3-7-16(8-4-1)15-17-11-13-19(14-12-17)18-9-5-2-6-10-18/h8-26H,1-7H3;1-14H,15H2. The van der Waals surface area contributed by atoms with Gasteiger partial charge < -0.3 is 0 Å². The molecule has 0 aliphatic heterocycles. The number of hydrogen-bond acceptors (Lipinski definition) is 0. The topological polar surface area (TPSA) is 0 Å². The summed E-state index contributed by atoms with van der Waals surface area (Å²) in [6.45, 7) is 16.3. The van der Waals surface area contributed by atoms with Gasteiger partial charge in [0.15, 0.2) is 0 Å². The molecule has 0 saturated heterocycles. The van der Waals surface area contributed by atoms with E-state index in [-0.39, 0.29) is 10.8 Å². The first-order chi connectivity index (χ1) is 28.4. The molecule has 0 heterocycles. The van der Waals surface area contributed by atoms with E-state index in [1.165, 1.54) is 83.5 Å². The van der Waals surface area contributed by atoms with Crippen molar-refractivity contribution in [3.63, 3.8) is 0 Å². The van der Waals surface area contributed by atoms with Crippen LogP contribution in [-0.2, 0) is 22.7 Å². The molecule has 0 saturated carbocycles. The lowest BCUT2D eigenvalue weighted by atomic mass is 9.63. The second-order valence-electron chi connectivity index (χ2n) is 18.2. The lowest BCUT2D eigenvalue weighted by molar-refractivity contribution is 0.557. The van der Waals surface area contributed by atoms with Gasteiger partial charge in [0, 0.05) is 0 Å². The van der Waals surface area contributed by atoms with Crippen LogP contribution in [0.25, 0.3) is 33.4 Å². The Morgan fingerprint density at radius 1 is 0.407 bits per heavy atom. The van der Waals surface area contributed by atoms with E-state index in [0.717, 1.165) is 6.42 Å². The van der Waals surface area contributed by atoms with Gasteiger partial charge in [-0.15, -0.1) is 0 Å². The number of benzene rings is 8. The second kappa shape index (κ2) is 16.2. The Labute approximate surface area is 353 Å². The third kappa shape index (κ3) is 7.85. The molecule has 8 aromatic carbocycles. The number of fused-ring (bicyclic) bond motifs is 3. The largest absolute Gasteiger partial charge is 0.0716 e. The molecule has 9 rings (SSSR count). The van der Waals surface area contributed by atoms with Crippen molar-refractivity contribution < 1.29 is 0 Å². The maximum atomic E-state index is 2.51. The van der Waals surface area contributed by atoms with E-state index in [1.807, 2.05) is 6.07 Å². The Morgan fingerprint density at radius 2 is 0.898 bits per heavy atom. The highest BCUT2D eigenvalue weighted by molar-refractivity contribution is 5.96. The van der Waals surface area contributed by atoms with Crippen molar-refractivity contribution in [2.45, 2.75) is 71.1 Å². The van der Waals surface area contributed by atoms with E-state index < -0.39 is 5.41 Å². The SMILES string of the molecule is Cc1ccc(-c2cccc3c2-c2cc(C(C)(C)C)cc(C(C)(C)C)c2C3(c2ccccc2)c2ccccc2)cc1.c1ccc(Cc2ccc(-c3ccccc3)cc2)cc1. The maximum absolute atomic E-state index is 2.51. The lowest BCUT2D eigenvalue weighted by Gasteiger charge is -2.38. The van der Waals surface area contributed by atoms with Crippen molar-refractivity contribution in [1.29, 1.82) is 0 Å². The molecule has 292 valence electrons. The van der Waals surface area contributed by atoms with Crippen LogP contribution in [0.3, 0.4) is 0 Å². The van der Waals surface area contributed by atoms with Gasteiger partial charge >= 0.3 is 0 Å². The van der Waals surface area contributed by atoms with Gasteiger partial charge in [-0.2, -0.15) is 0 Å². The van der Waals surface area contributed by atoms with Crippen LogP contribution in [0.5, 0.6) is 0 Å². The smallest absolute Gasteiger partial charge is 0.0622 e. The number of hydrogen-bond donors (Lipinski definition) is 0. The summed E-state index contributed by atoms with van der Waals surface area (Å²) in [6.07, 6.45) is 0.996. The maximum Gasteiger partial charge on any atom is 0.0716 e. The molecule has 0 bridgehead atoms. The second-order valence-corrected chi connectivity index (χ2v) is 18.2. The summed E-state index contributed by atoms with van der Waals surface area (Å²) in [5.74, 6) is 0. The highest BCUT2D eigenvalue weighted by Gasteiger charge is 2.49. The predicted octanol–water partition coefficient (Wildman–Crippen LogP) is 15.6. The van der Waals surface area contributed by atoms with E-state index >= 15 is 0 Å². The van der Waals surface area contributed by atoms with E-state index in [9.17, 15) is 0 Å². The summed E-state index contributed by atoms with van der Waals surface area (Å²) < 4.78 is 0. The van der Waals surface area contributed by atoms with Gasteiger partial charge in [-0.3, -0.25) is 0 Å². The molecule has 8 aromatic rings. The van der Waals surface area contributed by atoms with Gasteiger partial charge in [0.05, 0.1) is 5.41 Å². The van der Waals surface area contributed by atoms with Gasteiger partial charge in [0.1, 0.15) is 0 Å². The molecule has 0 nitrogen and oxygen atoms in total. The van der Waals surface area contributed by atoms with E-state index in [2.05, 4.69) is 243 Å². The first kappa shape index (κ1) is 39.6. The molecule has 0 heteroatoms. The molecule has 59 heavy (non-hydrogen) atoms. The number of rotatable bonds is 6. The third-order valence-corrected chi connectivity index (χ3v) is 12.0. The van der Waals surface area contributed by atoms with Crippen molar-refractivity contribution in [3.8, 4) is 33.4 Å². The highest BCUT2D eigenvalue weighted by atomic mass is 14.5. The van der Waals surface area contributed by atoms with Crippen LogP contribution in [-0.4, -0.2) is 0 Å². The van der Waals surface area contributed by atoms with E-state index in [4.69, 9.17) is 0 Å². The van der Waals surface area contributed by atoms with Crippen LogP contribution >= 0.6 is 0 Å². The molecule has 0 unspecified atom stereocenters. The zero-order valence-corrected chi connectivity index (χ0v) is 35.8. The van der Waals surface area contributed by atoms with Gasteiger partial charge in [0.2, 0.25) is 0 Å². The third-order valence-electron chi connectivity index (χ3n) is 12.0. The average Bonchev–Trinajstić information content (AvgIpc) is 3.56. The fourth-order valence-corrected chi connectivity index (χ4v) is 8.95. The van der Waals surface area contributed by atoms with Crippen LogP contribution in [0.4, 0.5) is 0 Å². The summed E-state index contributed by atoms with van der Waals surface area (Å²) >= 11 is 0. The summed E-state index contributed by atoms with van der Waals surface area (Å²) in [6, 6.07) is 73.3. The van der Waals surface area contributed by atoms with E-state index in [0.29, 0.717) is 0 Å². The van der Waals surface area contributed by atoms with Crippen LogP contribution in [0.15, 0.2) is 200 Å². The van der Waals surface area contributed by atoms with Crippen molar-refractivity contribution in [1.82, 2.24) is 0 Å². The minimum absolute atomic E-state index is 0.0265. The minimum Gasteiger partial charge on any atom is -0.0622 e. The van der Waals surface area contributed by atoms with Crippen LogP contribution in [0.2, 0.25) is 0 Å². The highest BCUT2D eigenvalue weighted by Crippen LogP contribution is 2.61. The summed E-state index contributed by atoms with van der Waals surface area (Å²) in [4.78, 5) is 0. The summed E-state index contributed by atoms with van der Waals surface area (Å²) in [5, 5.41) is 0. The molecule has 0 atom stereocenters. The molecule has 1 aliphatic rings. The quantitative estimate of drug-likeness (QED) is 0.158. The summed E-state index contributed by atoms with van der Waals surface area (Å²) in [7, 11) is 0. The fourth-order valence-electron chi connectivity index (χ4n) is 8.95. The van der Waals surface area contributed by atoms with Crippen LogP contribution in [0, 0.1) is 6.92 Å². The van der Waals surface area contributed by atoms with Crippen LogP contribution < -0.4 is 0 Å². The molecule has 0 amide bonds. The van der Waals surface area contributed by atoms with Crippen molar-refractivity contribution in [2.75, 3.05) is 0 Å². The molecule has 0 aromatic heterocycles. The first-order valence-electron chi connectivity index (χ1n) is 21.1. The molecule has 0 spiro atoms. The first-order valence-corrected chi connectivity index (χ1v) is 21.1. The molecule has 0 radical (unpaired) electrons. The van der Waals surface area contributed by atoms with Gasteiger partial charge in [-0.05, 0) is 102 Å². The average molecular weight is 765 g/mol. The lowest BCUT2D eigenvalue weighted by Crippen LogP contribution is -2.32. The van der Waals surface area contributed by atoms with Gasteiger partial charge in [0.25, 0.3) is 0 Å². The molecule has 1 aliphatic carbocycles. The zero-order chi connectivity index (χ0) is 41.2. The van der Waals surface area contributed by atoms with E-state index in [1.54, 1.807) is 0 Å². The van der Waals surface area contributed by atoms with Crippen molar-refractivity contribution >= 4 is 0 Å². The number of aryl methyl sites for hydroxylation is 1. The minimum atomic E-state index is -0.424. The summed E-state index contributed by atoms with van der Waals surface area (Å²) in [5.41, 5.74) is 19.6. The van der Waals surface area contributed by atoms with Crippen molar-refractivity contribution in [2.24, 2.45) is 0 Å². The van der Waals surface area contributed by atoms with Crippen molar-refractivity contribution in [3.05, 3.63) is 250 Å². The Morgan fingerprint density at radius 3 is 1.44 bits per heavy atom. The molecule has 0 N–H and O–H groups in total. The molecular formula is C59H56. The Bertz CT molecular complexity index is 2600. The van der Waals surface area contributed by atoms with Crippen LogP contribution in [0.1, 0.15) is 91.6 Å². The van der Waals surface area contributed by atoms with Gasteiger partial charge in [-0.25, -0.2) is 0 Å². The Hall–Kier alpha value is -6.24. The Kier molecular flexibility index (Phi) is 10.9. The monoisotopic (exact) mass is 764 g/mol.